The van der Waals surface area contributed by atoms with Crippen molar-refractivity contribution >= 4 is 56.6 Å². The van der Waals surface area contributed by atoms with Crippen molar-refractivity contribution in [3.8, 4) is 33.4 Å². The Kier molecular flexibility index (Phi) is 5.12. The van der Waals surface area contributed by atoms with Crippen LogP contribution in [-0.4, -0.2) is 11.3 Å². The predicted octanol–water partition coefficient (Wildman–Crippen LogP) is 9.55. The molecular weight excluding hydrogens is 543 g/mol. The van der Waals surface area contributed by atoms with Crippen LogP contribution in [0.3, 0.4) is 0 Å². The Morgan fingerprint density at radius 1 is 0.422 bits per heavy atom. The van der Waals surface area contributed by atoms with E-state index in [0.717, 1.165) is 5.69 Å². The van der Waals surface area contributed by atoms with Crippen LogP contribution in [0.15, 0.2) is 164 Å². The molecule has 2 nitrogen and oxygen atoms in total. The summed E-state index contributed by atoms with van der Waals surface area (Å²) in [4.78, 5) is 2.51. The summed E-state index contributed by atoms with van der Waals surface area (Å²) in [5.41, 5.74) is 16.5. The molecule has 1 aromatic heterocycles. The van der Waals surface area contributed by atoms with Gasteiger partial charge in [0.05, 0.1) is 5.69 Å². The molecule has 0 saturated carbocycles. The highest BCUT2D eigenvalue weighted by Gasteiger charge is 2.43. The Balaban J connectivity index is 1.31. The summed E-state index contributed by atoms with van der Waals surface area (Å²) >= 11 is 0. The molecule has 2 aliphatic rings. The highest BCUT2D eigenvalue weighted by atomic mass is 15.2. The van der Waals surface area contributed by atoms with Crippen molar-refractivity contribution in [3.05, 3.63) is 164 Å². The highest BCUT2D eigenvalue weighted by molar-refractivity contribution is 6.90. The zero-order valence-corrected chi connectivity index (χ0v) is 24.6. The minimum Gasteiger partial charge on any atom is -0.375 e. The van der Waals surface area contributed by atoms with Gasteiger partial charge in [0, 0.05) is 44.3 Å². The van der Waals surface area contributed by atoms with Crippen LogP contribution in [0.1, 0.15) is 0 Å². The van der Waals surface area contributed by atoms with E-state index in [-0.39, 0.29) is 6.85 Å². The topological polar surface area (TPSA) is 8.17 Å². The summed E-state index contributed by atoms with van der Waals surface area (Å²) in [6.07, 6.45) is 0. The van der Waals surface area contributed by atoms with Gasteiger partial charge in [-0.3, -0.25) is 0 Å². The van der Waals surface area contributed by atoms with Crippen molar-refractivity contribution in [3.63, 3.8) is 0 Å². The highest BCUT2D eigenvalue weighted by Crippen LogP contribution is 2.47. The van der Waals surface area contributed by atoms with Crippen LogP contribution in [0.4, 0.5) is 17.1 Å². The largest absolute Gasteiger partial charge is 0.375 e. The number of para-hydroxylation sites is 3. The number of nitrogens with zero attached hydrogens (tertiary/aromatic N) is 2. The normalized spacial score (nSPS) is 12.8. The second kappa shape index (κ2) is 9.35. The zero-order valence-electron chi connectivity index (χ0n) is 24.6. The maximum atomic E-state index is 2.62. The van der Waals surface area contributed by atoms with Gasteiger partial charge in [-0.25, -0.2) is 0 Å². The molecule has 0 bridgehead atoms. The van der Waals surface area contributed by atoms with Crippen LogP contribution in [0.5, 0.6) is 0 Å². The predicted molar refractivity (Wildman–Crippen MR) is 191 cm³/mol. The Bertz CT molecular complexity index is 2420. The Morgan fingerprint density at radius 3 is 1.87 bits per heavy atom. The first kappa shape index (κ1) is 24.6. The molecule has 0 atom stereocenters. The second-order valence-corrected chi connectivity index (χ2v) is 12.1. The molecule has 0 aliphatic carbocycles. The van der Waals surface area contributed by atoms with Crippen LogP contribution >= 0.6 is 0 Å². The Morgan fingerprint density at radius 2 is 1.04 bits per heavy atom. The molecule has 0 unspecified atom stereocenters. The average Bonchev–Trinajstić information content (AvgIpc) is 3.45. The molecule has 8 aromatic rings. The summed E-state index contributed by atoms with van der Waals surface area (Å²) in [6, 6.07) is 60.1. The van der Waals surface area contributed by atoms with Crippen LogP contribution in [0.2, 0.25) is 0 Å². The maximum Gasteiger partial charge on any atom is 0.333 e. The number of rotatable bonds is 3. The van der Waals surface area contributed by atoms with Gasteiger partial charge in [0.15, 0.2) is 0 Å². The van der Waals surface area contributed by atoms with E-state index >= 15 is 0 Å². The Labute approximate surface area is 262 Å². The minimum atomic E-state index is 0.0482. The van der Waals surface area contributed by atoms with Gasteiger partial charge < -0.3 is 9.38 Å². The quantitative estimate of drug-likeness (QED) is 0.192. The van der Waals surface area contributed by atoms with E-state index in [0.29, 0.717) is 0 Å². The van der Waals surface area contributed by atoms with E-state index in [4.69, 9.17) is 0 Å². The molecule has 45 heavy (non-hydrogen) atoms. The van der Waals surface area contributed by atoms with Gasteiger partial charge in [-0.1, -0.05) is 140 Å². The van der Waals surface area contributed by atoms with Gasteiger partial charge in [0.1, 0.15) is 0 Å². The summed E-state index contributed by atoms with van der Waals surface area (Å²) in [5, 5.41) is 2.63. The standard InChI is InChI=1S/C42H27BN2/c1-3-12-28(13-4-1)29-24-26-31(27-25-29)44-39-23-11-18-34-36-20-9-19-35-33-16-7-8-22-38(33)45(41(35)36)43(40(34)39)37-21-10-17-32(42(37)44)30-14-5-2-6-15-30/h1-27H. The fourth-order valence-corrected chi connectivity index (χ4v) is 7.94. The maximum absolute atomic E-state index is 2.62. The third-order valence-electron chi connectivity index (χ3n) is 9.78. The molecule has 208 valence electrons. The minimum absolute atomic E-state index is 0.0482. The number of hydrogen-bond acceptors (Lipinski definition) is 1. The lowest BCUT2D eigenvalue weighted by atomic mass is 9.45. The van der Waals surface area contributed by atoms with E-state index in [1.54, 1.807) is 0 Å². The van der Waals surface area contributed by atoms with Crippen molar-refractivity contribution < 1.29 is 0 Å². The van der Waals surface area contributed by atoms with E-state index in [2.05, 4.69) is 173 Å². The number of benzene rings is 7. The molecule has 0 radical (unpaired) electrons. The Hall–Kier alpha value is -5.80. The number of fused-ring (bicyclic) bond motifs is 7. The first-order valence-corrected chi connectivity index (χ1v) is 15.7. The fraction of sp³-hybridized carbons (Fsp3) is 0. The summed E-state index contributed by atoms with van der Waals surface area (Å²) in [5.74, 6) is 0. The zero-order chi connectivity index (χ0) is 29.5. The smallest absolute Gasteiger partial charge is 0.333 e. The molecule has 3 heteroatoms. The molecular formula is C42H27BN2. The molecule has 10 rings (SSSR count). The third kappa shape index (κ3) is 3.41. The monoisotopic (exact) mass is 570 g/mol. The van der Waals surface area contributed by atoms with E-state index in [9.17, 15) is 0 Å². The van der Waals surface area contributed by atoms with Crippen molar-refractivity contribution in [2.75, 3.05) is 4.90 Å². The molecule has 3 heterocycles. The molecule has 0 amide bonds. The molecule has 2 aliphatic heterocycles. The lowest BCUT2D eigenvalue weighted by Gasteiger charge is -2.41. The van der Waals surface area contributed by atoms with Gasteiger partial charge in [-0.05, 0) is 57.4 Å². The average molecular weight is 571 g/mol. The number of anilines is 3. The molecule has 0 spiro atoms. The first-order valence-electron chi connectivity index (χ1n) is 15.7. The van der Waals surface area contributed by atoms with Crippen molar-refractivity contribution in [2.24, 2.45) is 0 Å². The number of hydrogen-bond donors (Lipinski definition) is 0. The third-order valence-corrected chi connectivity index (χ3v) is 9.78. The lowest BCUT2D eigenvalue weighted by molar-refractivity contribution is 1.25. The second-order valence-electron chi connectivity index (χ2n) is 12.1. The SMILES string of the molecule is c1ccc(-c2ccc(N3c4cccc5c4B(c4cccc(-c6ccccc6)c43)n3c4ccccc4c4cccc-5c43)cc2)cc1. The van der Waals surface area contributed by atoms with Crippen LogP contribution in [0, 0.1) is 0 Å². The van der Waals surface area contributed by atoms with Crippen LogP contribution in [-0.2, 0) is 0 Å². The van der Waals surface area contributed by atoms with E-state index < -0.39 is 0 Å². The van der Waals surface area contributed by atoms with Gasteiger partial charge in [-0.2, -0.15) is 0 Å². The summed E-state index contributed by atoms with van der Waals surface area (Å²) in [7, 11) is 0. The first-order chi connectivity index (χ1) is 22.4. The van der Waals surface area contributed by atoms with E-state index in [1.165, 1.54) is 77.5 Å². The fourth-order valence-electron chi connectivity index (χ4n) is 7.94. The van der Waals surface area contributed by atoms with Gasteiger partial charge in [0.2, 0.25) is 0 Å². The van der Waals surface area contributed by atoms with Crippen molar-refractivity contribution in [2.45, 2.75) is 0 Å². The van der Waals surface area contributed by atoms with Crippen molar-refractivity contribution in [1.82, 2.24) is 4.48 Å². The molecule has 0 N–H and O–H groups in total. The summed E-state index contributed by atoms with van der Waals surface area (Å²) < 4.78 is 2.62. The van der Waals surface area contributed by atoms with Gasteiger partial charge in [-0.15, -0.1) is 0 Å². The van der Waals surface area contributed by atoms with Crippen LogP contribution in [0.25, 0.3) is 55.2 Å². The van der Waals surface area contributed by atoms with Crippen molar-refractivity contribution in [1.29, 1.82) is 0 Å². The lowest BCUT2D eigenvalue weighted by Crippen LogP contribution is -2.56. The van der Waals surface area contributed by atoms with Gasteiger partial charge >= 0.3 is 6.85 Å². The molecule has 0 saturated heterocycles. The van der Waals surface area contributed by atoms with Gasteiger partial charge in [0.25, 0.3) is 0 Å². The summed E-state index contributed by atoms with van der Waals surface area (Å²) in [6.45, 7) is 0.0482. The number of aromatic nitrogens is 1. The molecule has 0 fully saturated rings. The van der Waals surface area contributed by atoms with Crippen LogP contribution < -0.4 is 15.8 Å². The van der Waals surface area contributed by atoms with E-state index in [1.807, 2.05) is 0 Å². The molecule has 7 aromatic carbocycles.